The van der Waals surface area contributed by atoms with Gasteiger partial charge < -0.3 is 29.3 Å². The number of rotatable bonds is 13. The zero-order chi connectivity index (χ0) is 30.5. The maximum atomic E-state index is 14.2. The highest BCUT2D eigenvalue weighted by Crippen LogP contribution is 2.38. The average molecular weight is 591 g/mol. The number of amides is 1. The van der Waals surface area contributed by atoms with Crippen molar-refractivity contribution in [1.29, 1.82) is 0 Å². The van der Waals surface area contributed by atoms with Crippen molar-refractivity contribution in [3.63, 3.8) is 0 Å². The molecule has 230 valence electrons. The zero-order valence-electron chi connectivity index (χ0n) is 25.6. The maximum Gasteiger partial charge on any atom is 0.260 e. The monoisotopic (exact) mass is 590 g/mol. The third-order valence-corrected chi connectivity index (χ3v) is 8.42. The van der Waals surface area contributed by atoms with Gasteiger partial charge in [0.2, 0.25) is 11.9 Å². The smallest absolute Gasteiger partial charge is 0.260 e. The minimum atomic E-state index is -0.187. The number of benzene rings is 1. The van der Waals surface area contributed by atoms with Gasteiger partial charge in [0.15, 0.2) is 0 Å². The number of likely N-dealkylation sites (tertiary alicyclic amines) is 2. The minimum absolute atomic E-state index is 0.0800. The normalized spacial score (nSPS) is 15.5. The Balaban J connectivity index is 1.45. The molecule has 0 aliphatic carbocycles. The highest BCUT2D eigenvalue weighted by molar-refractivity contribution is 5.87. The number of fused-ring (bicyclic) bond motifs is 1. The first-order valence-corrected chi connectivity index (χ1v) is 15.0. The van der Waals surface area contributed by atoms with E-state index in [4.69, 9.17) is 19.2 Å². The second-order valence-electron chi connectivity index (χ2n) is 11.2. The van der Waals surface area contributed by atoms with Gasteiger partial charge in [-0.05, 0) is 76.0 Å². The van der Waals surface area contributed by atoms with Crippen molar-refractivity contribution in [2.75, 3.05) is 65.4 Å². The van der Waals surface area contributed by atoms with Crippen molar-refractivity contribution in [3.05, 3.63) is 52.5 Å². The number of pyridine rings is 1. The van der Waals surface area contributed by atoms with Gasteiger partial charge in [-0.1, -0.05) is 6.58 Å². The Bertz CT molecular complexity index is 1510. The van der Waals surface area contributed by atoms with Gasteiger partial charge in [-0.2, -0.15) is 4.98 Å². The van der Waals surface area contributed by atoms with Gasteiger partial charge in [0, 0.05) is 48.4 Å². The molecule has 3 aromatic rings. The van der Waals surface area contributed by atoms with Crippen LogP contribution in [0.1, 0.15) is 30.4 Å². The summed E-state index contributed by atoms with van der Waals surface area (Å²) in [6.07, 6.45) is 6.53. The lowest BCUT2D eigenvalue weighted by Crippen LogP contribution is -2.54. The fraction of sp³-hybridized carbons (Fsp3) is 0.500. The molecule has 0 radical (unpaired) electrons. The Labute approximate surface area is 252 Å². The Morgan fingerprint density at radius 2 is 1.79 bits per heavy atom. The molecule has 0 bridgehead atoms. The van der Waals surface area contributed by atoms with E-state index in [1.54, 1.807) is 29.9 Å². The number of hydrogen-bond donors (Lipinski definition) is 1. The molecule has 2 aliphatic heterocycles. The molecule has 43 heavy (non-hydrogen) atoms. The van der Waals surface area contributed by atoms with Gasteiger partial charge in [0.05, 0.1) is 33.5 Å². The van der Waals surface area contributed by atoms with Crippen molar-refractivity contribution in [3.8, 4) is 22.6 Å². The summed E-state index contributed by atoms with van der Waals surface area (Å²) < 4.78 is 19.0. The molecule has 0 saturated carbocycles. The first kappa shape index (κ1) is 30.5. The van der Waals surface area contributed by atoms with Crippen molar-refractivity contribution >= 4 is 22.9 Å². The summed E-state index contributed by atoms with van der Waals surface area (Å²) >= 11 is 0. The molecular weight excluding hydrogens is 548 g/mol. The second kappa shape index (κ2) is 13.6. The molecular formula is C32H42N6O5. The van der Waals surface area contributed by atoms with E-state index in [9.17, 15) is 9.59 Å². The van der Waals surface area contributed by atoms with Crippen molar-refractivity contribution in [2.45, 2.75) is 45.8 Å². The summed E-state index contributed by atoms with van der Waals surface area (Å²) in [5, 5.41) is 4.08. The number of anilines is 1. The van der Waals surface area contributed by atoms with E-state index in [0.29, 0.717) is 54.9 Å². The lowest BCUT2D eigenvalue weighted by molar-refractivity contribution is -0.139. The lowest BCUT2D eigenvalue weighted by atomic mass is 9.94. The molecule has 0 unspecified atom stereocenters. The lowest BCUT2D eigenvalue weighted by Gasteiger charge is -2.38. The van der Waals surface area contributed by atoms with Crippen LogP contribution in [0.4, 0.5) is 5.95 Å². The second-order valence-corrected chi connectivity index (χ2v) is 11.2. The molecule has 0 spiro atoms. The van der Waals surface area contributed by atoms with E-state index in [1.807, 2.05) is 26.0 Å². The van der Waals surface area contributed by atoms with E-state index in [0.717, 1.165) is 41.6 Å². The molecule has 2 fully saturated rings. The Kier molecular flexibility index (Phi) is 9.62. The third kappa shape index (κ3) is 6.52. The van der Waals surface area contributed by atoms with E-state index < -0.39 is 0 Å². The predicted octanol–water partition coefficient (Wildman–Crippen LogP) is 3.40. The molecule has 2 aromatic heterocycles. The minimum Gasteiger partial charge on any atom is -0.496 e. The van der Waals surface area contributed by atoms with Crippen LogP contribution >= 0.6 is 0 Å². The molecule has 4 heterocycles. The van der Waals surface area contributed by atoms with E-state index in [1.165, 1.54) is 32.0 Å². The largest absolute Gasteiger partial charge is 0.496 e. The zero-order valence-corrected chi connectivity index (χ0v) is 25.6. The average Bonchev–Trinajstić information content (AvgIpc) is 3.51. The van der Waals surface area contributed by atoms with Gasteiger partial charge in [-0.15, -0.1) is 0 Å². The van der Waals surface area contributed by atoms with Crippen LogP contribution in [0.5, 0.6) is 11.5 Å². The first-order valence-electron chi connectivity index (χ1n) is 15.0. The summed E-state index contributed by atoms with van der Waals surface area (Å²) in [6, 6.07) is 3.69. The molecule has 11 nitrogen and oxygen atoms in total. The third-order valence-electron chi connectivity index (χ3n) is 8.42. The number of carbonyl (C=O) groups is 1. The van der Waals surface area contributed by atoms with Gasteiger partial charge >= 0.3 is 0 Å². The van der Waals surface area contributed by atoms with Gasteiger partial charge in [0.1, 0.15) is 17.1 Å². The summed E-state index contributed by atoms with van der Waals surface area (Å²) in [5.74, 6) is 1.66. The Morgan fingerprint density at radius 3 is 2.44 bits per heavy atom. The summed E-state index contributed by atoms with van der Waals surface area (Å²) in [6.45, 7) is 13.2. The van der Waals surface area contributed by atoms with Crippen molar-refractivity contribution in [2.24, 2.45) is 0 Å². The van der Waals surface area contributed by atoms with E-state index in [2.05, 4.69) is 21.8 Å². The van der Waals surface area contributed by atoms with Crippen LogP contribution < -0.4 is 20.3 Å². The highest BCUT2D eigenvalue weighted by Gasteiger charge is 2.30. The Hall–Kier alpha value is -3.96. The Morgan fingerprint density at radius 1 is 1.09 bits per heavy atom. The number of hydrogen-bond acceptors (Lipinski definition) is 9. The summed E-state index contributed by atoms with van der Waals surface area (Å²) in [4.78, 5) is 39.6. The number of ether oxygens (including phenoxy) is 3. The highest BCUT2D eigenvalue weighted by atomic mass is 16.5. The van der Waals surface area contributed by atoms with Gasteiger partial charge in [-0.25, -0.2) is 4.98 Å². The summed E-state index contributed by atoms with van der Waals surface area (Å²) in [7, 11) is 3.21. The first-order chi connectivity index (χ1) is 20.8. The van der Waals surface area contributed by atoms with Gasteiger partial charge in [-0.3, -0.25) is 14.2 Å². The van der Waals surface area contributed by atoms with Crippen LogP contribution in [-0.4, -0.2) is 96.4 Å². The van der Waals surface area contributed by atoms with Crippen LogP contribution in [0.15, 0.2) is 35.8 Å². The number of methoxy groups -OCH3 is 2. The van der Waals surface area contributed by atoms with Gasteiger partial charge in [0.25, 0.3) is 5.56 Å². The number of nitrogens with one attached hydrogen (secondary N) is 1. The van der Waals surface area contributed by atoms with Crippen LogP contribution in [0.3, 0.4) is 0 Å². The van der Waals surface area contributed by atoms with Crippen LogP contribution in [-0.2, 0) is 16.1 Å². The van der Waals surface area contributed by atoms with E-state index in [-0.39, 0.29) is 17.6 Å². The molecule has 1 aromatic carbocycles. The molecule has 0 atom stereocenters. The fourth-order valence-electron chi connectivity index (χ4n) is 5.99. The molecule has 1 amide bonds. The molecule has 1 N–H and O–H groups in total. The van der Waals surface area contributed by atoms with E-state index >= 15 is 0 Å². The number of carbonyl (C=O) groups excluding carboxylic acids is 1. The van der Waals surface area contributed by atoms with Crippen molar-refractivity contribution in [1.82, 2.24) is 24.3 Å². The number of nitrogens with zero attached hydrogens (tertiary/aromatic N) is 5. The molecule has 5 rings (SSSR count). The predicted molar refractivity (Wildman–Crippen MR) is 167 cm³/mol. The quantitative estimate of drug-likeness (QED) is 0.237. The maximum absolute atomic E-state index is 14.2. The molecule has 2 saturated heterocycles. The van der Waals surface area contributed by atoms with Crippen LogP contribution in [0.25, 0.3) is 22.2 Å². The van der Waals surface area contributed by atoms with Crippen LogP contribution in [0.2, 0.25) is 0 Å². The van der Waals surface area contributed by atoms with Crippen molar-refractivity contribution < 1.29 is 19.0 Å². The molecule has 11 heteroatoms. The molecule has 2 aliphatic rings. The SMILES string of the molecule is C=CC(=O)N1CC(OCCn2c(=O)c(-c3c(C)c(OC)cc(OC)c3C)cc3cnc(NCCCN4CCCC4)nc32)C1. The standard InChI is InChI=1S/C32H42N6O5/c1-6-28(39)37-19-24(20-37)43-15-14-38-30-23(18-34-32(35-30)33-10-9-13-36-11-7-8-12-36)16-25(31(38)40)29-21(2)26(41-4)17-27(42-5)22(29)3/h6,16-18,24H,1,7-15,19-20H2,2-5H3,(H,33,34,35). The van der Waals surface area contributed by atoms with Crippen LogP contribution in [0, 0.1) is 13.8 Å². The topological polar surface area (TPSA) is 111 Å². The summed E-state index contributed by atoms with van der Waals surface area (Å²) in [5.41, 5.74) is 3.32. The number of aromatic nitrogens is 3. The fourth-order valence-corrected chi connectivity index (χ4v) is 5.99.